The molecule has 94 valence electrons. The molecule has 0 atom stereocenters. The van der Waals surface area contributed by atoms with Crippen molar-refractivity contribution >= 4 is 17.0 Å². The number of fused-ring (bicyclic) bond motifs is 1. The average Bonchev–Trinajstić information content (AvgIpc) is 2.60. The van der Waals surface area contributed by atoms with Crippen LogP contribution >= 0.6 is 0 Å². The Kier molecular flexibility index (Phi) is 2.66. The van der Waals surface area contributed by atoms with Gasteiger partial charge in [-0.25, -0.2) is 4.79 Å². The van der Waals surface area contributed by atoms with Crippen LogP contribution in [0.4, 0.5) is 0 Å². The van der Waals surface area contributed by atoms with Crippen molar-refractivity contribution in [3.63, 3.8) is 0 Å². The maximum atomic E-state index is 11.7. The summed E-state index contributed by atoms with van der Waals surface area (Å²) in [6.07, 6.45) is 1.43. The molecule has 2 heterocycles. The van der Waals surface area contributed by atoms with Crippen LogP contribution in [0.25, 0.3) is 11.1 Å². The molecule has 1 fully saturated rings. The van der Waals surface area contributed by atoms with Crippen LogP contribution in [-0.4, -0.2) is 28.5 Å². The molecule has 1 amide bonds. The lowest BCUT2D eigenvalue weighted by molar-refractivity contribution is -0.134. The van der Waals surface area contributed by atoms with Crippen LogP contribution < -0.4 is 5.76 Å². The maximum Gasteiger partial charge on any atom is 0.419 e. The quantitative estimate of drug-likeness (QED) is 0.818. The van der Waals surface area contributed by atoms with Gasteiger partial charge in [0.15, 0.2) is 5.58 Å². The summed E-state index contributed by atoms with van der Waals surface area (Å²) < 4.78 is 6.64. The van der Waals surface area contributed by atoms with E-state index < -0.39 is 5.76 Å². The first-order valence-electron chi connectivity index (χ1n) is 6.12. The van der Waals surface area contributed by atoms with Crippen molar-refractivity contribution in [1.82, 2.24) is 9.47 Å². The van der Waals surface area contributed by atoms with E-state index in [4.69, 9.17) is 4.42 Å². The number of oxazole rings is 1. The van der Waals surface area contributed by atoms with Gasteiger partial charge in [0.1, 0.15) is 0 Å². The fourth-order valence-corrected chi connectivity index (χ4v) is 2.16. The van der Waals surface area contributed by atoms with Crippen LogP contribution in [0.5, 0.6) is 0 Å². The van der Waals surface area contributed by atoms with Gasteiger partial charge >= 0.3 is 5.76 Å². The maximum absolute atomic E-state index is 11.7. The first-order valence-corrected chi connectivity index (χ1v) is 6.12. The van der Waals surface area contributed by atoms with Gasteiger partial charge in [0.05, 0.1) is 5.52 Å². The molecule has 0 spiro atoms. The standard InChI is InChI=1S/C13H14N2O3/c16-12(14-7-3-8-14)6-9-15-10-4-1-2-5-11(10)18-13(15)17/h1-2,4-5H,3,6-9H2. The van der Waals surface area contributed by atoms with E-state index in [9.17, 15) is 9.59 Å². The molecule has 18 heavy (non-hydrogen) atoms. The number of para-hydroxylation sites is 2. The van der Waals surface area contributed by atoms with Gasteiger partial charge in [-0.3, -0.25) is 9.36 Å². The van der Waals surface area contributed by atoms with Gasteiger partial charge in [-0.15, -0.1) is 0 Å². The number of carbonyl (C=O) groups is 1. The van der Waals surface area contributed by atoms with Gasteiger partial charge in [-0.1, -0.05) is 12.1 Å². The number of hydrogen-bond donors (Lipinski definition) is 0. The lowest BCUT2D eigenvalue weighted by Gasteiger charge is -2.30. The molecule has 0 bridgehead atoms. The summed E-state index contributed by atoms with van der Waals surface area (Å²) >= 11 is 0. The number of aryl methyl sites for hydroxylation is 1. The molecule has 1 aromatic heterocycles. The Morgan fingerprint density at radius 2 is 2.06 bits per heavy atom. The van der Waals surface area contributed by atoms with Crippen LogP contribution in [0.1, 0.15) is 12.8 Å². The molecule has 0 N–H and O–H groups in total. The molecule has 1 saturated heterocycles. The van der Waals surface area contributed by atoms with E-state index in [0.29, 0.717) is 18.5 Å². The zero-order chi connectivity index (χ0) is 12.5. The minimum atomic E-state index is -0.396. The number of nitrogens with zero attached hydrogens (tertiary/aromatic N) is 2. The topological polar surface area (TPSA) is 55.5 Å². The van der Waals surface area contributed by atoms with Gasteiger partial charge in [-0.2, -0.15) is 0 Å². The predicted octanol–water partition coefficient (Wildman–Crippen LogP) is 1.22. The number of amides is 1. The second-order valence-electron chi connectivity index (χ2n) is 4.47. The number of carbonyl (C=O) groups excluding carboxylic acids is 1. The van der Waals surface area contributed by atoms with Gasteiger partial charge < -0.3 is 9.32 Å². The minimum Gasteiger partial charge on any atom is -0.408 e. The summed E-state index contributed by atoms with van der Waals surface area (Å²) in [6, 6.07) is 7.25. The van der Waals surface area contributed by atoms with Gasteiger partial charge in [0.2, 0.25) is 5.91 Å². The lowest BCUT2D eigenvalue weighted by Crippen LogP contribution is -2.42. The highest BCUT2D eigenvalue weighted by Gasteiger charge is 2.20. The third kappa shape index (κ3) is 1.81. The molecule has 0 aliphatic carbocycles. The number of rotatable bonds is 3. The molecule has 1 aliphatic heterocycles. The average molecular weight is 246 g/mol. The summed E-state index contributed by atoms with van der Waals surface area (Å²) in [4.78, 5) is 25.2. The Labute approximate surface area is 104 Å². The normalized spacial score (nSPS) is 14.8. The second kappa shape index (κ2) is 4.33. The lowest BCUT2D eigenvalue weighted by atomic mass is 10.2. The smallest absolute Gasteiger partial charge is 0.408 e. The highest BCUT2D eigenvalue weighted by atomic mass is 16.4. The van der Waals surface area contributed by atoms with E-state index in [1.807, 2.05) is 23.1 Å². The molecule has 0 saturated carbocycles. The SMILES string of the molecule is O=C(CCn1c(=O)oc2ccccc21)N1CCC1. The number of likely N-dealkylation sites (tertiary alicyclic amines) is 1. The summed E-state index contributed by atoms with van der Waals surface area (Å²) in [5.74, 6) is -0.286. The molecule has 0 radical (unpaired) electrons. The summed E-state index contributed by atoms with van der Waals surface area (Å²) in [6.45, 7) is 2.07. The van der Waals surface area contributed by atoms with Crippen LogP contribution in [0, 0.1) is 0 Å². The van der Waals surface area contributed by atoms with Gasteiger partial charge in [-0.05, 0) is 18.6 Å². The molecule has 5 heteroatoms. The Bertz CT molecular complexity index is 637. The van der Waals surface area contributed by atoms with Crippen molar-refractivity contribution in [3.8, 4) is 0 Å². The Morgan fingerprint density at radius 3 is 2.78 bits per heavy atom. The van der Waals surface area contributed by atoms with Crippen molar-refractivity contribution in [1.29, 1.82) is 0 Å². The molecule has 1 aliphatic rings. The number of hydrogen-bond acceptors (Lipinski definition) is 3. The number of benzene rings is 1. The van der Waals surface area contributed by atoms with Crippen molar-refractivity contribution < 1.29 is 9.21 Å². The van der Waals surface area contributed by atoms with E-state index in [-0.39, 0.29) is 5.91 Å². The van der Waals surface area contributed by atoms with Crippen LogP contribution in [0.2, 0.25) is 0 Å². The highest BCUT2D eigenvalue weighted by molar-refractivity contribution is 5.77. The Balaban J connectivity index is 1.79. The molecule has 2 aromatic rings. The summed E-state index contributed by atoms with van der Waals surface area (Å²) in [5.41, 5.74) is 1.32. The molecule has 5 nitrogen and oxygen atoms in total. The molecule has 0 unspecified atom stereocenters. The third-order valence-corrected chi connectivity index (χ3v) is 3.33. The minimum absolute atomic E-state index is 0.110. The highest BCUT2D eigenvalue weighted by Crippen LogP contribution is 2.13. The van der Waals surface area contributed by atoms with Crippen molar-refractivity contribution in [2.24, 2.45) is 0 Å². The first kappa shape index (κ1) is 11.1. The third-order valence-electron chi connectivity index (χ3n) is 3.33. The monoisotopic (exact) mass is 246 g/mol. The fraction of sp³-hybridized carbons (Fsp3) is 0.385. The van der Waals surface area contributed by atoms with E-state index in [1.165, 1.54) is 4.57 Å². The van der Waals surface area contributed by atoms with E-state index in [2.05, 4.69) is 0 Å². The molecule has 1 aromatic carbocycles. The van der Waals surface area contributed by atoms with Gasteiger partial charge in [0.25, 0.3) is 0 Å². The summed E-state index contributed by atoms with van der Waals surface area (Å²) in [7, 11) is 0. The summed E-state index contributed by atoms with van der Waals surface area (Å²) in [5, 5.41) is 0. The largest absolute Gasteiger partial charge is 0.419 e. The molecular formula is C13H14N2O3. The van der Waals surface area contributed by atoms with Crippen molar-refractivity contribution in [3.05, 3.63) is 34.8 Å². The van der Waals surface area contributed by atoms with Gasteiger partial charge in [0, 0.05) is 26.1 Å². The first-order chi connectivity index (χ1) is 8.75. The fourth-order valence-electron chi connectivity index (χ4n) is 2.16. The second-order valence-corrected chi connectivity index (χ2v) is 4.47. The van der Waals surface area contributed by atoms with E-state index in [0.717, 1.165) is 25.0 Å². The van der Waals surface area contributed by atoms with Crippen molar-refractivity contribution in [2.75, 3.05) is 13.1 Å². The predicted molar refractivity (Wildman–Crippen MR) is 66.3 cm³/mol. The van der Waals surface area contributed by atoms with Crippen LogP contribution in [0.15, 0.2) is 33.5 Å². The Morgan fingerprint density at radius 1 is 1.28 bits per heavy atom. The van der Waals surface area contributed by atoms with E-state index >= 15 is 0 Å². The van der Waals surface area contributed by atoms with Crippen LogP contribution in [0.3, 0.4) is 0 Å². The van der Waals surface area contributed by atoms with E-state index in [1.54, 1.807) is 6.07 Å². The number of aromatic nitrogens is 1. The molecule has 3 rings (SSSR count). The van der Waals surface area contributed by atoms with Crippen molar-refractivity contribution in [2.45, 2.75) is 19.4 Å². The molecular weight excluding hydrogens is 232 g/mol. The van der Waals surface area contributed by atoms with Crippen LogP contribution in [-0.2, 0) is 11.3 Å². The Hall–Kier alpha value is -2.04. The zero-order valence-corrected chi connectivity index (χ0v) is 9.96. The zero-order valence-electron chi connectivity index (χ0n) is 9.96.